The summed E-state index contributed by atoms with van der Waals surface area (Å²) in [5.74, 6) is -0.621. The minimum absolute atomic E-state index is 0.168. The van der Waals surface area contributed by atoms with Gasteiger partial charge >= 0.3 is 5.97 Å². The fourth-order valence-corrected chi connectivity index (χ4v) is 8.87. The second-order valence-electron chi connectivity index (χ2n) is 8.68. The Balaban J connectivity index is 1.57. The van der Waals surface area contributed by atoms with Crippen molar-refractivity contribution in [2.75, 3.05) is 25.1 Å². The summed E-state index contributed by atoms with van der Waals surface area (Å²) in [4.78, 5) is 23.5. The monoisotopic (exact) mass is 523 g/mol. The van der Waals surface area contributed by atoms with Crippen LogP contribution in [0.15, 0.2) is 91.0 Å². The second kappa shape index (κ2) is 14.8. The van der Waals surface area contributed by atoms with Crippen LogP contribution in [0.3, 0.4) is 0 Å². The molecule has 0 fully saturated rings. The summed E-state index contributed by atoms with van der Waals surface area (Å²) in [7, 11) is -1.80. The summed E-state index contributed by atoms with van der Waals surface area (Å²) < 4.78 is 5.25. The van der Waals surface area contributed by atoms with Gasteiger partial charge in [-0.15, -0.1) is 0 Å². The summed E-state index contributed by atoms with van der Waals surface area (Å²) in [6, 6.07) is 32.0. The molecule has 3 N–H and O–H groups in total. The van der Waals surface area contributed by atoms with Crippen molar-refractivity contribution in [3.8, 4) is 0 Å². The number of benzene rings is 3. The zero-order valence-electron chi connectivity index (χ0n) is 20.6. The molecular formula is C29H36N2O3PS+. The van der Waals surface area contributed by atoms with Crippen molar-refractivity contribution in [1.82, 2.24) is 5.32 Å². The molecule has 36 heavy (non-hydrogen) atoms. The Bertz CT molecular complexity index is 971. The maximum Gasteiger partial charge on any atom is 0.325 e. The van der Waals surface area contributed by atoms with Gasteiger partial charge in [0, 0.05) is 5.75 Å². The molecule has 0 heterocycles. The number of hydrogen-bond acceptors (Lipinski definition) is 5. The zero-order valence-corrected chi connectivity index (χ0v) is 22.4. The number of rotatable bonds is 14. The second-order valence-corrected chi connectivity index (χ2v) is 12.7. The Hall–Kier alpha value is -2.66. The van der Waals surface area contributed by atoms with Crippen LogP contribution in [0.4, 0.5) is 0 Å². The molecule has 190 valence electrons. The highest BCUT2D eigenvalue weighted by Gasteiger charge is 2.44. The van der Waals surface area contributed by atoms with E-state index < -0.39 is 25.2 Å². The summed E-state index contributed by atoms with van der Waals surface area (Å²) in [6.45, 7) is 0.183. The molecule has 0 aliphatic rings. The summed E-state index contributed by atoms with van der Waals surface area (Å²) >= 11 is 3.98. The molecule has 0 radical (unpaired) electrons. The molecule has 0 unspecified atom stereocenters. The Kier molecular flexibility index (Phi) is 11.5. The number of carbonyl (C=O) groups excluding carboxylic acids is 2. The lowest BCUT2D eigenvalue weighted by molar-refractivity contribution is -0.144. The Labute approximate surface area is 220 Å². The Morgan fingerprint density at radius 1 is 0.778 bits per heavy atom. The van der Waals surface area contributed by atoms with E-state index in [0.717, 1.165) is 31.8 Å². The van der Waals surface area contributed by atoms with Crippen LogP contribution in [0.5, 0.6) is 0 Å². The van der Waals surface area contributed by atoms with Crippen LogP contribution < -0.4 is 27.0 Å². The van der Waals surface area contributed by atoms with Crippen molar-refractivity contribution < 1.29 is 14.3 Å². The van der Waals surface area contributed by atoms with Gasteiger partial charge in [-0.25, -0.2) is 0 Å². The van der Waals surface area contributed by atoms with Gasteiger partial charge in [-0.3, -0.25) is 9.59 Å². The Morgan fingerprint density at radius 3 is 1.72 bits per heavy atom. The van der Waals surface area contributed by atoms with E-state index in [0.29, 0.717) is 6.61 Å². The molecule has 0 aliphatic carbocycles. The summed E-state index contributed by atoms with van der Waals surface area (Å²) in [6.07, 6.45) is 4.99. The molecule has 0 aliphatic heterocycles. The molecule has 1 atom stereocenters. The predicted molar refractivity (Wildman–Crippen MR) is 154 cm³/mol. The van der Waals surface area contributed by atoms with Crippen molar-refractivity contribution in [3.05, 3.63) is 91.0 Å². The number of ether oxygens (including phenoxy) is 1. The molecular weight excluding hydrogens is 487 g/mol. The molecule has 0 aromatic heterocycles. The molecule has 3 aromatic carbocycles. The van der Waals surface area contributed by atoms with Crippen LogP contribution in [-0.4, -0.2) is 43.0 Å². The van der Waals surface area contributed by atoms with Gasteiger partial charge in [0.2, 0.25) is 5.91 Å². The van der Waals surface area contributed by atoms with E-state index in [-0.39, 0.29) is 12.3 Å². The van der Waals surface area contributed by atoms with Crippen molar-refractivity contribution in [2.24, 2.45) is 5.73 Å². The molecule has 0 saturated carbocycles. The minimum Gasteiger partial charge on any atom is -0.464 e. The summed E-state index contributed by atoms with van der Waals surface area (Å²) in [5, 5.41) is 6.67. The maximum atomic E-state index is 11.9. The number of hydrogen-bond donors (Lipinski definition) is 3. The van der Waals surface area contributed by atoms with Crippen LogP contribution in [0.2, 0.25) is 0 Å². The highest BCUT2D eigenvalue weighted by Crippen LogP contribution is 2.55. The largest absolute Gasteiger partial charge is 0.464 e. The van der Waals surface area contributed by atoms with E-state index in [1.807, 2.05) is 0 Å². The van der Waals surface area contributed by atoms with Crippen molar-refractivity contribution in [3.63, 3.8) is 0 Å². The van der Waals surface area contributed by atoms with E-state index in [1.54, 1.807) is 0 Å². The molecule has 0 bridgehead atoms. The first kappa shape index (κ1) is 27.9. The number of carbonyl (C=O) groups is 2. The number of esters is 1. The first-order valence-electron chi connectivity index (χ1n) is 12.4. The van der Waals surface area contributed by atoms with Gasteiger partial charge in [0.05, 0.1) is 18.8 Å². The lowest BCUT2D eigenvalue weighted by Gasteiger charge is -2.27. The molecule has 0 spiro atoms. The standard InChI is InChI=1S/C29H35N2O3PS/c30-27(23-36)29(33)31-22-28(32)34-20-12-1-2-13-21-35(24-14-6-3-7-15-24,25-16-8-4-9-17-25)26-18-10-5-11-19-26/h3-11,14-19,27H,1-2,12-13,20-23,30H2,(H-,31,33,36)/p+1/t27-/m0/s1. The van der Waals surface area contributed by atoms with E-state index >= 15 is 0 Å². The summed E-state index contributed by atoms with van der Waals surface area (Å²) in [5.41, 5.74) is 5.57. The van der Waals surface area contributed by atoms with E-state index in [1.165, 1.54) is 15.9 Å². The van der Waals surface area contributed by atoms with Crippen molar-refractivity contribution >= 4 is 47.7 Å². The van der Waals surface area contributed by atoms with Gasteiger partial charge < -0.3 is 15.8 Å². The lowest BCUT2D eigenvalue weighted by atomic mass is 10.2. The lowest BCUT2D eigenvalue weighted by Crippen LogP contribution is -2.43. The molecule has 1 amide bonds. The topological polar surface area (TPSA) is 81.4 Å². The highest BCUT2D eigenvalue weighted by atomic mass is 32.1. The van der Waals surface area contributed by atoms with Gasteiger partial charge in [-0.1, -0.05) is 54.6 Å². The van der Waals surface area contributed by atoms with Gasteiger partial charge in [0.25, 0.3) is 0 Å². The first-order valence-corrected chi connectivity index (χ1v) is 15.0. The number of nitrogens with one attached hydrogen (secondary N) is 1. The van der Waals surface area contributed by atoms with Crippen LogP contribution in [0.1, 0.15) is 25.7 Å². The molecule has 5 nitrogen and oxygen atoms in total. The molecule has 7 heteroatoms. The number of amides is 1. The minimum atomic E-state index is -1.80. The maximum absolute atomic E-state index is 11.9. The zero-order chi connectivity index (χ0) is 25.6. The first-order chi connectivity index (χ1) is 17.6. The average Bonchev–Trinajstić information content (AvgIpc) is 2.94. The molecule has 3 rings (SSSR count). The third kappa shape index (κ3) is 7.67. The smallest absolute Gasteiger partial charge is 0.325 e. The Morgan fingerprint density at radius 2 is 1.25 bits per heavy atom. The fourth-order valence-electron chi connectivity index (χ4n) is 4.30. The molecule has 0 saturated heterocycles. The quantitative estimate of drug-likeness (QED) is 0.131. The van der Waals surface area contributed by atoms with Crippen LogP contribution in [0.25, 0.3) is 0 Å². The predicted octanol–water partition coefficient (Wildman–Crippen LogP) is 3.46. The van der Waals surface area contributed by atoms with Crippen molar-refractivity contribution in [2.45, 2.75) is 31.7 Å². The SMILES string of the molecule is N[C@@H](CS)C(=O)NCC(=O)OCCCCCC[P+](c1ccccc1)(c1ccccc1)c1ccccc1. The third-order valence-corrected chi connectivity index (χ3v) is 11.1. The van der Waals surface area contributed by atoms with E-state index in [9.17, 15) is 9.59 Å². The number of thiol groups is 1. The number of nitrogens with two attached hydrogens (primary N) is 1. The van der Waals surface area contributed by atoms with Crippen LogP contribution >= 0.6 is 19.9 Å². The van der Waals surface area contributed by atoms with Gasteiger partial charge in [0.15, 0.2) is 0 Å². The third-order valence-electron chi connectivity index (χ3n) is 6.18. The fraction of sp³-hybridized carbons (Fsp3) is 0.310. The molecule has 3 aromatic rings. The van der Waals surface area contributed by atoms with Crippen molar-refractivity contribution in [1.29, 1.82) is 0 Å². The average molecular weight is 524 g/mol. The number of unbranched alkanes of at least 4 members (excludes halogenated alkanes) is 3. The van der Waals surface area contributed by atoms with Gasteiger partial charge in [-0.2, -0.15) is 12.6 Å². The van der Waals surface area contributed by atoms with Gasteiger partial charge in [-0.05, 0) is 62.1 Å². The highest BCUT2D eigenvalue weighted by molar-refractivity contribution is 7.95. The van der Waals surface area contributed by atoms with E-state index in [2.05, 4.69) is 109 Å². The normalized spacial score (nSPS) is 12.1. The van der Waals surface area contributed by atoms with E-state index in [4.69, 9.17) is 10.5 Å². The van der Waals surface area contributed by atoms with Crippen LogP contribution in [0, 0.1) is 0 Å². The van der Waals surface area contributed by atoms with Gasteiger partial charge in [0.1, 0.15) is 29.7 Å². The van der Waals surface area contributed by atoms with Crippen LogP contribution in [-0.2, 0) is 14.3 Å².